The van der Waals surface area contributed by atoms with Crippen LogP contribution in [0.15, 0.2) is 0 Å². The molecule has 3 atom stereocenters. The predicted molar refractivity (Wildman–Crippen MR) is 70.3 cm³/mol. The summed E-state index contributed by atoms with van der Waals surface area (Å²) in [6, 6.07) is 0. The van der Waals surface area contributed by atoms with Crippen molar-refractivity contribution in [2.24, 2.45) is 5.92 Å². The van der Waals surface area contributed by atoms with Crippen molar-refractivity contribution in [3.8, 4) is 0 Å². The number of epoxide rings is 1. The molecule has 3 unspecified atom stereocenters. The van der Waals surface area contributed by atoms with Crippen LogP contribution in [0.3, 0.4) is 0 Å². The van der Waals surface area contributed by atoms with Crippen molar-refractivity contribution in [3.05, 3.63) is 0 Å². The molecule has 19 heavy (non-hydrogen) atoms. The SMILES string of the molecule is CC[O][Ti]([CH2]CC1CCC2OC2C1)([O]CC)[O]CC. The van der Waals surface area contributed by atoms with Gasteiger partial charge in [-0.05, 0) is 0 Å². The minimum absolute atomic E-state index is 0.562. The Balaban J connectivity index is 1.82. The Morgan fingerprint density at radius 3 is 2.11 bits per heavy atom. The molecule has 1 heterocycles. The van der Waals surface area contributed by atoms with E-state index in [0.717, 1.165) is 10.6 Å². The van der Waals surface area contributed by atoms with E-state index in [-0.39, 0.29) is 0 Å². The molecular formula is C14H28O4Ti. The zero-order valence-corrected chi connectivity index (χ0v) is 14.1. The van der Waals surface area contributed by atoms with Crippen LogP contribution < -0.4 is 0 Å². The second-order valence-electron chi connectivity index (χ2n) is 5.41. The molecule has 0 bridgehead atoms. The molecule has 0 amide bonds. The van der Waals surface area contributed by atoms with E-state index in [1.54, 1.807) is 0 Å². The maximum atomic E-state index is 5.95. The molecule has 4 nitrogen and oxygen atoms in total. The molecule has 2 fully saturated rings. The van der Waals surface area contributed by atoms with E-state index in [1.165, 1.54) is 25.7 Å². The summed E-state index contributed by atoms with van der Waals surface area (Å²) in [7, 11) is 0. The van der Waals surface area contributed by atoms with Crippen LogP contribution >= 0.6 is 0 Å². The van der Waals surface area contributed by atoms with Crippen molar-refractivity contribution < 1.29 is 32.4 Å². The number of fused-ring (bicyclic) bond motifs is 1. The van der Waals surface area contributed by atoms with Gasteiger partial charge >= 0.3 is 122 Å². The average molecular weight is 308 g/mol. The van der Waals surface area contributed by atoms with Gasteiger partial charge in [-0.1, -0.05) is 0 Å². The fourth-order valence-corrected chi connectivity index (χ4v) is 7.45. The quantitative estimate of drug-likeness (QED) is 0.484. The second-order valence-corrected chi connectivity index (χ2v) is 9.68. The van der Waals surface area contributed by atoms with Gasteiger partial charge in [0.1, 0.15) is 0 Å². The molecule has 0 spiro atoms. The summed E-state index contributed by atoms with van der Waals surface area (Å²) in [5.74, 6) is 0.773. The fraction of sp³-hybridized carbons (Fsp3) is 1.00. The fourth-order valence-electron chi connectivity index (χ4n) is 3.13. The van der Waals surface area contributed by atoms with Crippen LogP contribution in [0.2, 0.25) is 4.73 Å². The monoisotopic (exact) mass is 308 g/mol. The molecule has 0 N–H and O–H groups in total. The normalized spacial score (nSPS) is 30.2. The Morgan fingerprint density at radius 2 is 1.58 bits per heavy atom. The molecular weight excluding hydrogens is 280 g/mol. The van der Waals surface area contributed by atoms with Gasteiger partial charge in [0, 0.05) is 0 Å². The minimum atomic E-state index is -2.99. The van der Waals surface area contributed by atoms with Gasteiger partial charge in [-0.25, -0.2) is 0 Å². The molecule has 2 rings (SSSR count). The standard InChI is InChI=1S/C8H13O.3C2H5O.Ti/c1-2-6-3-4-7-8(5-6)9-7;3*1-2-3;/h6-8H,1-5H2;3*2H2,1H3;/q;3*-1;+3. The Morgan fingerprint density at radius 1 is 0.947 bits per heavy atom. The first-order valence-corrected chi connectivity index (χ1v) is 10.8. The van der Waals surface area contributed by atoms with Gasteiger partial charge in [0.05, 0.1) is 0 Å². The van der Waals surface area contributed by atoms with Crippen LogP contribution in [0.5, 0.6) is 0 Å². The van der Waals surface area contributed by atoms with E-state index in [1.807, 2.05) is 20.8 Å². The van der Waals surface area contributed by atoms with E-state index in [2.05, 4.69) is 0 Å². The Hall–Kier alpha value is 0.554. The molecule has 1 aliphatic carbocycles. The third-order valence-electron chi connectivity index (χ3n) is 4.06. The van der Waals surface area contributed by atoms with Gasteiger partial charge in [-0.15, -0.1) is 0 Å². The average Bonchev–Trinajstić information content (AvgIpc) is 3.16. The zero-order valence-electron chi connectivity index (χ0n) is 12.5. The van der Waals surface area contributed by atoms with Crippen molar-refractivity contribution >= 4 is 0 Å². The molecule has 0 radical (unpaired) electrons. The first-order chi connectivity index (χ1) is 9.23. The summed E-state index contributed by atoms with van der Waals surface area (Å²) in [6.45, 7) is 8.17. The van der Waals surface area contributed by atoms with Crippen LogP contribution in [0.4, 0.5) is 0 Å². The predicted octanol–water partition coefficient (Wildman–Crippen LogP) is 3.37. The summed E-state index contributed by atoms with van der Waals surface area (Å²) in [5.41, 5.74) is 0. The summed E-state index contributed by atoms with van der Waals surface area (Å²) in [4.78, 5) is 0. The molecule has 112 valence electrons. The van der Waals surface area contributed by atoms with Crippen LogP contribution in [0.1, 0.15) is 46.5 Å². The molecule has 5 heteroatoms. The Kier molecular flexibility index (Phi) is 6.32. The number of hydrogen-bond acceptors (Lipinski definition) is 4. The Bertz CT molecular complexity index is 257. The van der Waals surface area contributed by atoms with Gasteiger partial charge in [-0.2, -0.15) is 0 Å². The molecule has 1 aliphatic heterocycles. The number of rotatable bonds is 9. The zero-order chi connectivity index (χ0) is 13.7. The first kappa shape index (κ1) is 15.9. The molecule has 2 aliphatic rings. The van der Waals surface area contributed by atoms with E-state index >= 15 is 0 Å². The van der Waals surface area contributed by atoms with Crippen molar-refractivity contribution in [2.75, 3.05) is 19.8 Å². The van der Waals surface area contributed by atoms with E-state index < -0.39 is 17.8 Å². The van der Waals surface area contributed by atoms with Crippen molar-refractivity contribution in [1.29, 1.82) is 0 Å². The summed E-state index contributed by atoms with van der Waals surface area (Å²) in [5, 5.41) is 0. The van der Waals surface area contributed by atoms with Crippen LogP contribution in [0.25, 0.3) is 0 Å². The summed E-state index contributed by atoms with van der Waals surface area (Å²) < 4.78 is 24.5. The summed E-state index contributed by atoms with van der Waals surface area (Å²) in [6.07, 6.45) is 6.09. The van der Waals surface area contributed by atoms with Crippen molar-refractivity contribution in [1.82, 2.24) is 0 Å². The molecule has 0 aromatic rings. The summed E-state index contributed by atoms with van der Waals surface area (Å²) >= 11 is -2.99. The Labute approximate surface area is 121 Å². The van der Waals surface area contributed by atoms with E-state index in [9.17, 15) is 0 Å². The van der Waals surface area contributed by atoms with Crippen molar-refractivity contribution in [2.45, 2.75) is 63.4 Å². The number of hydrogen-bond donors (Lipinski definition) is 0. The van der Waals surface area contributed by atoms with E-state index in [4.69, 9.17) is 14.7 Å². The van der Waals surface area contributed by atoms with Crippen LogP contribution in [0, 0.1) is 5.92 Å². The van der Waals surface area contributed by atoms with E-state index in [0.29, 0.717) is 32.0 Å². The van der Waals surface area contributed by atoms with Crippen LogP contribution in [-0.2, 0) is 32.4 Å². The molecule has 1 saturated carbocycles. The van der Waals surface area contributed by atoms with Gasteiger partial charge in [0.15, 0.2) is 0 Å². The van der Waals surface area contributed by atoms with Gasteiger partial charge in [0.25, 0.3) is 0 Å². The second kappa shape index (κ2) is 7.53. The van der Waals surface area contributed by atoms with Crippen molar-refractivity contribution in [3.63, 3.8) is 0 Å². The third kappa shape index (κ3) is 4.52. The first-order valence-electron chi connectivity index (χ1n) is 7.80. The topological polar surface area (TPSA) is 40.2 Å². The van der Waals surface area contributed by atoms with Gasteiger partial charge in [-0.3, -0.25) is 0 Å². The maximum absolute atomic E-state index is 5.95. The molecule has 0 aromatic carbocycles. The van der Waals surface area contributed by atoms with Crippen LogP contribution in [-0.4, -0.2) is 32.0 Å². The van der Waals surface area contributed by atoms with Gasteiger partial charge in [0.2, 0.25) is 0 Å². The third-order valence-corrected chi connectivity index (χ3v) is 8.88. The number of ether oxygens (including phenoxy) is 1. The molecule has 0 aromatic heterocycles. The molecule has 1 saturated heterocycles. The van der Waals surface area contributed by atoms with Gasteiger partial charge < -0.3 is 0 Å².